The van der Waals surface area contributed by atoms with Gasteiger partial charge < -0.3 is 10.4 Å². The number of nitrogens with one attached hydrogen (secondary N) is 1. The second-order valence-corrected chi connectivity index (χ2v) is 4.86. The highest BCUT2D eigenvalue weighted by atomic mass is 19.4. The molecule has 0 bridgehead atoms. The summed E-state index contributed by atoms with van der Waals surface area (Å²) in [5.74, 6) is 0. The molecule has 0 heterocycles. The van der Waals surface area contributed by atoms with Gasteiger partial charge in [-0.1, -0.05) is 30.3 Å². The van der Waals surface area contributed by atoms with Crippen molar-refractivity contribution in [1.29, 1.82) is 0 Å². The molecule has 112 valence electrons. The molecule has 0 atom stereocenters. The molecule has 21 heavy (non-hydrogen) atoms. The Labute approximate surface area is 121 Å². The average molecular weight is 295 g/mol. The lowest BCUT2D eigenvalue weighted by Gasteiger charge is -2.13. The molecule has 5 heteroatoms. The van der Waals surface area contributed by atoms with Crippen molar-refractivity contribution in [1.82, 2.24) is 0 Å². The summed E-state index contributed by atoms with van der Waals surface area (Å²) in [6.45, 7) is 2.16. The molecule has 0 aliphatic heterocycles. The van der Waals surface area contributed by atoms with Gasteiger partial charge in [-0.15, -0.1) is 0 Å². The minimum Gasteiger partial charge on any atom is -0.392 e. The van der Waals surface area contributed by atoms with Crippen molar-refractivity contribution < 1.29 is 18.3 Å². The average Bonchev–Trinajstić information content (AvgIpc) is 2.45. The zero-order chi connectivity index (χ0) is 15.5. The Morgan fingerprint density at radius 3 is 2.19 bits per heavy atom. The largest absolute Gasteiger partial charge is 0.416 e. The van der Waals surface area contributed by atoms with E-state index in [1.807, 2.05) is 12.1 Å². The zero-order valence-corrected chi connectivity index (χ0v) is 11.5. The zero-order valence-electron chi connectivity index (χ0n) is 11.5. The van der Waals surface area contributed by atoms with Gasteiger partial charge in [0.15, 0.2) is 0 Å². The molecule has 0 aliphatic rings. The molecule has 2 N–H and O–H groups in total. The van der Waals surface area contributed by atoms with Crippen molar-refractivity contribution in [3.05, 3.63) is 64.7 Å². The number of aliphatic hydroxyl groups is 1. The summed E-state index contributed by atoms with van der Waals surface area (Å²) in [6.07, 6.45) is -4.34. The van der Waals surface area contributed by atoms with Crippen LogP contribution in [0.4, 0.5) is 18.9 Å². The van der Waals surface area contributed by atoms with Crippen LogP contribution in [0.5, 0.6) is 0 Å². The highest BCUT2D eigenvalue weighted by Crippen LogP contribution is 2.32. The molecule has 2 nitrogen and oxygen atoms in total. The Bertz CT molecular complexity index is 606. The van der Waals surface area contributed by atoms with E-state index in [0.717, 1.165) is 28.8 Å². The second-order valence-electron chi connectivity index (χ2n) is 4.86. The van der Waals surface area contributed by atoms with E-state index in [2.05, 4.69) is 5.32 Å². The van der Waals surface area contributed by atoms with E-state index in [9.17, 15) is 13.2 Å². The number of alkyl halides is 3. The summed E-state index contributed by atoms with van der Waals surface area (Å²) in [6, 6.07) is 10.9. The lowest BCUT2D eigenvalue weighted by molar-refractivity contribution is -0.137. The standard InChI is InChI=1S/C16H16F3NO/c1-11-2-7-14(16(17,18)19)8-15(11)20-9-12-3-5-13(10-21)6-4-12/h2-8,20-21H,9-10H2,1H3. The van der Waals surface area contributed by atoms with Crippen LogP contribution in [0.1, 0.15) is 22.3 Å². The van der Waals surface area contributed by atoms with Crippen molar-refractivity contribution in [3.63, 3.8) is 0 Å². The normalized spacial score (nSPS) is 11.5. The summed E-state index contributed by atoms with van der Waals surface area (Å²) >= 11 is 0. The monoisotopic (exact) mass is 295 g/mol. The van der Waals surface area contributed by atoms with Crippen LogP contribution in [-0.4, -0.2) is 5.11 Å². The number of halogens is 3. The van der Waals surface area contributed by atoms with Gasteiger partial charge in [0.05, 0.1) is 12.2 Å². The first-order valence-electron chi connectivity index (χ1n) is 6.50. The Kier molecular flexibility index (Phi) is 4.53. The highest BCUT2D eigenvalue weighted by molar-refractivity contribution is 5.53. The van der Waals surface area contributed by atoms with Gasteiger partial charge in [-0.3, -0.25) is 0 Å². The SMILES string of the molecule is Cc1ccc(C(F)(F)F)cc1NCc1ccc(CO)cc1. The van der Waals surface area contributed by atoms with Gasteiger partial charge in [0, 0.05) is 12.2 Å². The molecule has 0 radical (unpaired) electrons. The Hall–Kier alpha value is -2.01. The Morgan fingerprint density at radius 1 is 1.00 bits per heavy atom. The predicted molar refractivity (Wildman–Crippen MR) is 75.9 cm³/mol. The Morgan fingerprint density at radius 2 is 1.62 bits per heavy atom. The maximum Gasteiger partial charge on any atom is 0.416 e. The molecule has 0 aliphatic carbocycles. The third-order valence-corrected chi connectivity index (χ3v) is 3.25. The van der Waals surface area contributed by atoms with Crippen molar-refractivity contribution in [2.45, 2.75) is 26.3 Å². The predicted octanol–water partition coefficient (Wildman–Crippen LogP) is 4.12. The second kappa shape index (κ2) is 6.18. The summed E-state index contributed by atoms with van der Waals surface area (Å²) < 4.78 is 38.1. The van der Waals surface area contributed by atoms with Gasteiger partial charge in [-0.2, -0.15) is 13.2 Å². The van der Waals surface area contributed by atoms with Crippen LogP contribution in [-0.2, 0) is 19.3 Å². The molecular formula is C16H16F3NO. The molecule has 0 spiro atoms. The fourth-order valence-electron chi connectivity index (χ4n) is 1.95. The third-order valence-electron chi connectivity index (χ3n) is 3.25. The molecule has 0 amide bonds. The Balaban J connectivity index is 2.11. The van der Waals surface area contributed by atoms with E-state index in [0.29, 0.717) is 12.2 Å². The molecule has 0 saturated carbocycles. The van der Waals surface area contributed by atoms with E-state index < -0.39 is 11.7 Å². The van der Waals surface area contributed by atoms with Crippen LogP contribution >= 0.6 is 0 Å². The van der Waals surface area contributed by atoms with Crippen LogP contribution in [0.3, 0.4) is 0 Å². The number of hydrogen-bond donors (Lipinski definition) is 2. The first kappa shape index (κ1) is 15.4. The fourth-order valence-corrected chi connectivity index (χ4v) is 1.95. The van der Waals surface area contributed by atoms with Gasteiger partial charge in [0.1, 0.15) is 0 Å². The minimum atomic E-state index is -4.34. The summed E-state index contributed by atoms with van der Waals surface area (Å²) in [5, 5.41) is 12.0. The van der Waals surface area contributed by atoms with Gasteiger partial charge in [0.2, 0.25) is 0 Å². The number of aryl methyl sites for hydroxylation is 1. The maximum absolute atomic E-state index is 12.7. The van der Waals surface area contributed by atoms with Crippen LogP contribution < -0.4 is 5.32 Å². The lowest BCUT2D eigenvalue weighted by atomic mass is 10.1. The van der Waals surface area contributed by atoms with Crippen LogP contribution in [0.2, 0.25) is 0 Å². The van der Waals surface area contributed by atoms with E-state index in [1.165, 1.54) is 6.07 Å². The number of aliphatic hydroxyl groups excluding tert-OH is 1. The fraction of sp³-hybridized carbons (Fsp3) is 0.250. The molecule has 0 saturated heterocycles. The summed E-state index contributed by atoms with van der Waals surface area (Å²) in [5.41, 5.74) is 2.30. The topological polar surface area (TPSA) is 32.3 Å². The molecule has 2 rings (SSSR count). The van der Waals surface area contributed by atoms with Crippen molar-refractivity contribution in [3.8, 4) is 0 Å². The van der Waals surface area contributed by atoms with Gasteiger partial charge >= 0.3 is 6.18 Å². The third kappa shape index (κ3) is 3.98. The van der Waals surface area contributed by atoms with Crippen molar-refractivity contribution in [2.75, 3.05) is 5.32 Å². The lowest BCUT2D eigenvalue weighted by Crippen LogP contribution is -2.07. The summed E-state index contributed by atoms with van der Waals surface area (Å²) in [4.78, 5) is 0. The number of hydrogen-bond acceptors (Lipinski definition) is 2. The molecule has 2 aromatic rings. The summed E-state index contributed by atoms with van der Waals surface area (Å²) in [7, 11) is 0. The molecular weight excluding hydrogens is 279 g/mol. The first-order chi connectivity index (χ1) is 9.90. The molecule has 2 aromatic carbocycles. The molecule has 0 fully saturated rings. The first-order valence-corrected chi connectivity index (χ1v) is 6.50. The van der Waals surface area contributed by atoms with Crippen LogP contribution in [0, 0.1) is 6.92 Å². The number of rotatable bonds is 4. The van der Waals surface area contributed by atoms with Crippen LogP contribution in [0.25, 0.3) is 0 Å². The smallest absolute Gasteiger partial charge is 0.392 e. The van der Waals surface area contributed by atoms with E-state index in [-0.39, 0.29) is 6.61 Å². The number of anilines is 1. The van der Waals surface area contributed by atoms with Crippen molar-refractivity contribution in [2.24, 2.45) is 0 Å². The van der Waals surface area contributed by atoms with Crippen molar-refractivity contribution >= 4 is 5.69 Å². The molecule has 0 unspecified atom stereocenters. The minimum absolute atomic E-state index is 0.0273. The van der Waals surface area contributed by atoms with Gasteiger partial charge in [-0.25, -0.2) is 0 Å². The quantitative estimate of drug-likeness (QED) is 0.889. The highest BCUT2D eigenvalue weighted by Gasteiger charge is 2.30. The van der Waals surface area contributed by atoms with Gasteiger partial charge in [0.25, 0.3) is 0 Å². The molecule has 0 aromatic heterocycles. The van der Waals surface area contributed by atoms with E-state index in [4.69, 9.17) is 5.11 Å². The van der Waals surface area contributed by atoms with Gasteiger partial charge in [-0.05, 0) is 35.7 Å². The van der Waals surface area contributed by atoms with E-state index in [1.54, 1.807) is 19.1 Å². The number of benzene rings is 2. The van der Waals surface area contributed by atoms with E-state index >= 15 is 0 Å². The maximum atomic E-state index is 12.7. The van der Waals surface area contributed by atoms with Crippen LogP contribution in [0.15, 0.2) is 42.5 Å².